The van der Waals surface area contributed by atoms with E-state index in [0.29, 0.717) is 18.1 Å². The average molecular weight is 361 g/mol. The first kappa shape index (κ1) is 20.5. The lowest BCUT2D eigenvalue weighted by molar-refractivity contribution is -0.139. The van der Waals surface area contributed by atoms with Crippen LogP contribution in [0.4, 0.5) is 0 Å². The van der Waals surface area contributed by atoms with Gasteiger partial charge in [0.15, 0.2) is 0 Å². The van der Waals surface area contributed by atoms with Gasteiger partial charge in [0.1, 0.15) is 11.6 Å². The Morgan fingerprint density at radius 3 is 2.00 bits per heavy atom. The molecule has 0 aromatic heterocycles. The fraction of sp³-hybridized carbons (Fsp3) is 0.333. The van der Waals surface area contributed by atoms with Crippen molar-refractivity contribution in [3.8, 4) is 6.07 Å². The average Bonchev–Trinajstić information content (AvgIpc) is 2.73. The van der Waals surface area contributed by atoms with Crippen LogP contribution >= 0.6 is 0 Å². The van der Waals surface area contributed by atoms with Gasteiger partial charge in [0.05, 0.1) is 6.61 Å². The van der Waals surface area contributed by atoms with Crippen LogP contribution in [0.2, 0.25) is 0 Å². The third-order valence-corrected chi connectivity index (χ3v) is 4.68. The van der Waals surface area contributed by atoms with E-state index in [1.807, 2.05) is 60.7 Å². The zero-order chi connectivity index (χ0) is 19.5. The molecule has 2 rings (SSSR count). The van der Waals surface area contributed by atoms with Crippen molar-refractivity contribution in [2.45, 2.75) is 39.5 Å². The van der Waals surface area contributed by atoms with Crippen LogP contribution < -0.4 is 0 Å². The lowest BCUT2D eigenvalue weighted by Gasteiger charge is -2.16. The molecule has 2 aromatic carbocycles. The minimum Gasteiger partial charge on any atom is -0.461 e. The molecule has 0 spiro atoms. The summed E-state index contributed by atoms with van der Waals surface area (Å²) in [4.78, 5) is 12.8. The van der Waals surface area contributed by atoms with Gasteiger partial charge in [-0.3, -0.25) is 0 Å². The zero-order valence-corrected chi connectivity index (χ0v) is 16.2. The van der Waals surface area contributed by atoms with Gasteiger partial charge in [0.2, 0.25) is 0 Å². The van der Waals surface area contributed by atoms with Gasteiger partial charge < -0.3 is 4.74 Å². The second-order valence-corrected chi connectivity index (χ2v) is 6.61. The van der Waals surface area contributed by atoms with Crippen molar-refractivity contribution in [2.75, 3.05) is 6.61 Å². The minimum atomic E-state index is -0.546. The van der Waals surface area contributed by atoms with Crippen molar-refractivity contribution in [3.63, 3.8) is 0 Å². The summed E-state index contributed by atoms with van der Waals surface area (Å²) in [5.41, 5.74) is 2.33. The molecule has 1 atom stereocenters. The van der Waals surface area contributed by atoms with E-state index in [-0.39, 0.29) is 5.57 Å². The highest BCUT2D eigenvalue weighted by Crippen LogP contribution is 2.27. The molecule has 0 amide bonds. The molecule has 0 bridgehead atoms. The summed E-state index contributed by atoms with van der Waals surface area (Å²) in [5.74, 6) is -0.208. The molecule has 0 fully saturated rings. The molecule has 0 aliphatic rings. The van der Waals surface area contributed by atoms with Crippen molar-refractivity contribution in [3.05, 3.63) is 77.4 Å². The number of esters is 1. The van der Waals surface area contributed by atoms with Crippen LogP contribution in [0, 0.1) is 17.2 Å². The van der Waals surface area contributed by atoms with Crippen molar-refractivity contribution < 1.29 is 9.53 Å². The topological polar surface area (TPSA) is 50.1 Å². The van der Waals surface area contributed by atoms with Gasteiger partial charge in [-0.05, 0) is 23.5 Å². The lowest BCUT2D eigenvalue weighted by Crippen LogP contribution is -2.16. The molecule has 0 aliphatic carbocycles. The fourth-order valence-electron chi connectivity index (χ4n) is 3.03. The second-order valence-electron chi connectivity index (χ2n) is 6.61. The van der Waals surface area contributed by atoms with Crippen molar-refractivity contribution >= 4 is 11.5 Å². The predicted octanol–water partition coefficient (Wildman–Crippen LogP) is 5.77. The Bertz CT molecular complexity index is 747. The highest BCUT2D eigenvalue weighted by Gasteiger charge is 2.21. The van der Waals surface area contributed by atoms with E-state index >= 15 is 0 Å². The maximum Gasteiger partial charge on any atom is 0.349 e. The number of unbranched alkanes of at least 4 members (excludes halogenated alkanes) is 1. The molecule has 27 heavy (non-hydrogen) atoms. The Morgan fingerprint density at radius 2 is 1.56 bits per heavy atom. The quantitative estimate of drug-likeness (QED) is 0.323. The molecule has 0 unspecified atom stereocenters. The Morgan fingerprint density at radius 1 is 1.00 bits per heavy atom. The van der Waals surface area contributed by atoms with Crippen LogP contribution in [-0.4, -0.2) is 12.6 Å². The molecule has 0 saturated carbocycles. The third kappa shape index (κ3) is 5.82. The van der Waals surface area contributed by atoms with E-state index in [0.717, 1.165) is 36.8 Å². The molecule has 0 N–H and O–H groups in total. The zero-order valence-electron chi connectivity index (χ0n) is 16.2. The molecule has 0 saturated heterocycles. The molecule has 2 aromatic rings. The Hall–Kier alpha value is -2.86. The van der Waals surface area contributed by atoms with Gasteiger partial charge in [-0.25, -0.2) is 4.79 Å². The summed E-state index contributed by atoms with van der Waals surface area (Å²) < 4.78 is 5.55. The van der Waals surface area contributed by atoms with Gasteiger partial charge in [-0.15, -0.1) is 0 Å². The van der Waals surface area contributed by atoms with E-state index < -0.39 is 5.97 Å². The SMILES string of the molecule is CCCC[C@@H](CC)COC(=O)C(C#N)=C(c1ccccc1)c1ccccc1. The Balaban J connectivity index is 2.33. The first-order valence-electron chi connectivity index (χ1n) is 9.63. The van der Waals surface area contributed by atoms with Crippen LogP contribution in [0.25, 0.3) is 5.57 Å². The summed E-state index contributed by atoms with van der Waals surface area (Å²) in [7, 11) is 0. The van der Waals surface area contributed by atoms with Crippen LogP contribution in [0.5, 0.6) is 0 Å². The van der Waals surface area contributed by atoms with Gasteiger partial charge in [-0.2, -0.15) is 5.26 Å². The maximum absolute atomic E-state index is 12.8. The van der Waals surface area contributed by atoms with Crippen LogP contribution in [-0.2, 0) is 9.53 Å². The number of carbonyl (C=O) groups is 1. The van der Waals surface area contributed by atoms with Crippen molar-refractivity contribution in [1.82, 2.24) is 0 Å². The number of benzene rings is 2. The predicted molar refractivity (Wildman–Crippen MR) is 109 cm³/mol. The van der Waals surface area contributed by atoms with Crippen LogP contribution in [0.15, 0.2) is 66.2 Å². The third-order valence-electron chi connectivity index (χ3n) is 4.68. The van der Waals surface area contributed by atoms with E-state index in [4.69, 9.17) is 4.74 Å². The van der Waals surface area contributed by atoms with E-state index in [2.05, 4.69) is 19.9 Å². The number of hydrogen-bond acceptors (Lipinski definition) is 3. The number of nitrogens with zero attached hydrogens (tertiary/aromatic N) is 1. The van der Waals surface area contributed by atoms with Gasteiger partial charge in [0, 0.05) is 5.57 Å². The van der Waals surface area contributed by atoms with Crippen LogP contribution in [0.3, 0.4) is 0 Å². The number of nitriles is 1. The molecular formula is C24H27NO2. The first-order chi connectivity index (χ1) is 13.2. The summed E-state index contributed by atoms with van der Waals surface area (Å²) in [6.07, 6.45) is 4.25. The first-order valence-corrected chi connectivity index (χ1v) is 9.63. The maximum atomic E-state index is 12.8. The molecule has 0 radical (unpaired) electrons. The van der Waals surface area contributed by atoms with Crippen molar-refractivity contribution in [1.29, 1.82) is 5.26 Å². The van der Waals surface area contributed by atoms with E-state index in [1.165, 1.54) is 0 Å². The standard InChI is InChI=1S/C24H27NO2/c1-3-5-12-19(4-2)18-27-24(26)22(17-25)23(20-13-8-6-9-14-20)21-15-10-7-11-16-21/h6-11,13-16,19H,3-5,12,18H2,1-2H3/t19-/m1/s1. The van der Waals surface area contributed by atoms with E-state index in [1.54, 1.807) is 0 Å². The normalized spacial score (nSPS) is 11.3. The molecule has 3 heteroatoms. The molecule has 0 aliphatic heterocycles. The molecule has 140 valence electrons. The second kappa shape index (κ2) is 11.0. The highest BCUT2D eigenvalue weighted by molar-refractivity contribution is 6.05. The summed E-state index contributed by atoms with van der Waals surface area (Å²) in [6, 6.07) is 21.1. The molecule has 3 nitrogen and oxygen atoms in total. The lowest BCUT2D eigenvalue weighted by atomic mass is 9.93. The Labute approximate surface area is 162 Å². The number of carbonyl (C=O) groups excluding carboxylic acids is 1. The van der Waals surface area contributed by atoms with E-state index in [9.17, 15) is 10.1 Å². The monoisotopic (exact) mass is 361 g/mol. The number of hydrogen-bond donors (Lipinski definition) is 0. The van der Waals surface area contributed by atoms with Crippen molar-refractivity contribution in [2.24, 2.45) is 5.92 Å². The Kier molecular flexibility index (Phi) is 8.32. The molecular weight excluding hydrogens is 334 g/mol. The van der Waals surface area contributed by atoms with Gasteiger partial charge in [0.25, 0.3) is 0 Å². The van der Waals surface area contributed by atoms with Gasteiger partial charge >= 0.3 is 5.97 Å². The largest absolute Gasteiger partial charge is 0.461 e. The summed E-state index contributed by atoms with van der Waals surface area (Å²) in [6.45, 7) is 4.62. The molecule has 0 heterocycles. The fourth-order valence-corrected chi connectivity index (χ4v) is 3.03. The summed E-state index contributed by atoms with van der Waals surface area (Å²) in [5, 5.41) is 9.74. The number of rotatable bonds is 9. The van der Waals surface area contributed by atoms with Gasteiger partial charge in [-0.1, -0.05) is 93.8 Å². The minimum absolute atomic E-state index is 0.0535. The smallest absolute Gasteiger partial charge is 0.349 e. The highest BCUT2D eigenvalue weighted by atomic mass is 16.5. The number of ether oxygens (including phenoxy) is 1. The van der Waals surface area contributed by atoms with Crippen LogP contribution in [0.1, 0.15) is 50.7 Å². The summed E-state index contributed by atoms with van der Waals surface area (Å²) >= 11 is 0.